The van der Waals surface area contributed by atoms with Crippen LogP contribution in [0.2, 0.25) is 0 Å². The van der Waals surface area contributed by atoms with Gasteiger partial charge in [0, 0.05) is 0 Å². The lowest BCUT2D eigenvalue weighted by molar-refractivity contribution is -0.137. The Hall–Kier alpha value is -2.04. The molecule has 104 valence electrons. The Morgan fingerprint density at radius 1 is 1.00 bits per heavy atom. The predicted molar refractivity (Wildman–Crippen MR) is 67.9 cm³/mol. The second-order valence-corrected chi connectivity index (χ2v) is 4.79. The van der Waals surface area contributed by atoms with Gasteiger partial charge in [-0.2, -0.15) is 13.2 Å². The van der Waals surface area contributed by atoms with E-state index in [0.29, 0.717) is 17.7 Å². The zero-order valence-corrected chi connectivity index (χ0v) is 10.3. The predicted octanol–water partition coefficient (Wildman–Crippen LogP) is 4.55. The summed E-state index contributed by atoms with van der Waals surface area (Å²) in [6.45, 7) is 0. The summed E-state index contributed by atoms with van der Waals surface area (Å²) in [6.07, 6.45) is -3.77. The summed E-state index contributed by atoms with van der Waals surface area (Å²) < 4.78 is 51.1. The number of hydrogen-bond acceptors (Lipinski definition) is 1. The minimum Gasteiger partial charge on any atom is -0.375 e. The van der Waals surface area contributed by atoms with Crippen LogP contribution < -0.4 is 5.32 Å². The highest BCUT2D eigenvalue weighted by Gasteiger charge is 2.31. The highest BCUT2D eigenvalue weighted by molar-refractivity contribution is 5.59. The Morgan fingerprint density at radius 3 is 2.30 bits per heavy atom. The number of rotatable bonds is 1. The van der Waals surface area contributed by atoms with Crippen LogP contribution in [0.25, 0.3) is 0 Å². The average Bonchev–Trinajstić information content (AvgIpc) is 2.83. The number of nitrogens with one attached hydrogen (secondary N) is 1. The third-order valence-electron chi connectivity index (χ3n) is 3.48. The van der Waals surface area contributed by atoms with Gasteiger partial charge >= 0.3 is 6.18 Å². The van der Waals surface area contributed by atoms with Crippen LogP contribution in [-0.2, 0) is 12.6 Å². The summed E-state index contributed by atoms with van der Waals surface area (Å²) in [5.41, 5.74) is 1.32. The van der Waals surface area contributed by atoms with E-state index in [-0.39, 0.29) is 11.9 Å². The van der Waals surface area contributed by atoms with Crippen LogP contribution in [-0.4, -0.2) is 0 Å². The number of alkyl halides is 3. The molecule has 1 aliphatic rings. The summed E-state index contributed by atoms with van der Waals surface area (Å²) in [4.78, 5) is 0. The fourth-order valence-electron chi connectivity index (χ4n) is 2.45. The Balaban J connectivity index is 1.85. The quantitative estimate of drug-likeness (QED) is 0.756. The van der Waals surface area contributed by atoms with E-state index in [4.69, 9.17) is 0 Å². The molecule has 2 aromatic carbocycles. The number of hydrogen-bond donors (Lipinski definition) is 1. The molecule has 0 fully saturated rings. The largest absolute Gasteiger partial charge is 0.416 e. The smallest absolute Gasteiger partial charge is 0.375 e. The topological polar surface area (TPSA) is 12.0 Å². The molecule has 0 bridgehead atoms. The first kappa shape index (κ1) is 13.0. The van der Waals surface area contributed by atoms with Crippen LogP contribution in [0.1, 0.15) is 22.7 Å². The highest BCUT2D eigenvalue weighted by Crippen LogP contribution is 2.37. The van der Waals surface area contributed by atoms with Gasteiger partial charge < -0.3 is 5.32 Å². The van der Waals surface area contributed by atoms with Gasteiger partial charge in [-0.3, -0.25) is 0 Å². The summed E-state index contributed by atoms with van der Waals surface area (Å²) in [6, 6.07) is 9.59. The molecule has 0 amide bonds. The van der Waals surface area contributed by atoms with E-state index in [0.717, 1.165) is 17.7 Å². The first-order chi connectivity index (χ1) is 9.45. The van der Waals surface area contributed by atoms with Crippen molar-refractivity contribution in [3.05, 3.63) is 65.0 Å². The molecule has 1 atom stereocenters. The Bertz CT molecular complexity index is 631. The summed E-state index contributed by atoms with van der Waals surface area (Å²) in [5.74, 6) is -0.336. The third-order valence-corrected chi connectivity index (χ3v) is 3.48. The molecule has 1 heterocycles. The molecule has 0 spiro atoms. The van der Waals surface area contributed by atoms with Crippen molar-refractivity contribution in [1.82, 2.24) is 0 Å². The van der Waals surface area contributed by atoms with Crippen LogP contribution in [0.4, 0.5) is 23.2 Å². The molecule has 0 aliphatic carbocycles. The maximum Gasteiger partial charge on any atom is 0.416 e. The number of anilines is 1. The molecule has 0 aromatic heterocycles. The van der Waals surface area contributed by atoms with Gasteiger partial charge in [0.1, 0.15) is 5.82 Å². The SMILES string of the molecule is Fc1cccc2c1NC(c1ccc(C(F)(F)F)cc1)C2. The second-order valence-electron chi connectivity index (χ2n) is 4.79. The van der Waals surface area contributed by atoms with Crippen molar-refractivity contribution in [1.29, 1.82) is 0 Å². The van der Waals surface area contributed by atoms with Crippen molar-refractivity contribution in [2.45, 2.75) is 18.6 Å². The minimum atomic E-state index is -4.34. The van der Waals surface area contributed by atoms with Gasteiger partial charge in [0.25, 0.3) is 0 Å². The first-order valence-corrected chi connectivity index (χ1v) is 6.16. The molecule has 0 radical (unpaired) electrons. The molecule has 0 saturated heterocycles. The van der Waals surface area contributed by atoms with E-state index >= 15 is 0 Å². The normalized spacial score (nSPS) is 17.7. The van der Waals surface area contributed by atoms with Crippen molar-refractivity contribution in [3.63, 3.8) is 0 Å². The molecule has 0 saturated carbocycles. The fraction of sp³-hybridized carbons (Fsp3) is 0.200. The van der Waals surface area contributed by atoms with Crippen molar-refractivity contribution in [2.24, 2.45) is 0 Å². The van der Waals surface area contributed by atoms with E-state index in [1.807, 2.05) is 6.07 Å². The maximum atomic E-state index is 13.6. The van der Waals surface area contributed by atoms with Crippen molar-refractivity contribution in [2.75, 3.05) is 5.32 Å². The second kappa shape index (κ2) is 4.51. The van der Waals surface area contributed by atoms with E-state index in [1.165, 1.54) is 18.2 Å². The molecule has 20 heavy (non-hydrogen) atoms. The van der Waals surface area contributed by atoms with Crippen molar-refractivity contribution in [3.8, 4) is 0 Å². The molecule has 5 heteroatoms. The van der Waals surface area contributed by atoms with Gasteiger partial charge in [-0.1, -0.05) is 24.3 Å². The zero-order chi connectivity index (χ0) is 14.3. The lowest BCUT2D eigenvalue weighted by Gasteiger charge is -2.13. The summed E-state index contributed by atoms with van der Waals surface area (Å²) >= 11 is 0. The molecule has 1 N–H and O–H groups in total. The van der Waals surface area contributed by atoms with E-state index in [9.17, 15) is 17.6 Å². The Kier molecular flexibility index (Phi) is 2.92. The molecular formula is C15H11F4N. The van der Waals surface area contributed by atoms with Gasteiger partial charge in [0.15, 0.2) is 0 Å². The van der Waals surface area contributed by atoms with Gasteiger partial charge in [0.2, 0.25) is 0 Å². The molecule has 1 nitrogen and oxygen atoms in total. The zero-order valence-electron chi connectivity index (χ0n) is 10.3. The fourth-order valence-corrected chi connectivity index (χ4v) is 2.45. The van der Waals surface area contributed by atoms with E-state index < -0.39 is 11.7 Å². The van der Waals surface area contributed by atoms with Crippen LogP contribution in [0.15, 0.2) is 42.5 Å². The monoisotopic (exact) mass is 281 g/mol. The Labute approximate surface area is 113 Å². The summed E-state index contributed by atoms with van der Waals surface area (Å²) in [7, 11) is 0. The van der Waals surface area contributed by atoms with Crippen LogP contribution >= 0.6 is 0 Å². The first-order valence-electron chi connectivity index (χ1n) is 6.16. The van der Waals surface area contributed by atoms with E-state index in [1.54, 1.807) is 6.07 Å². The van der Waals surface area contributed by atoms with Crippen LogP contribution in [0.3, 0.4) is 0 Å². The molecule has 1 aliphatic heterocycles. The number of halogens is 4. The van der Waals surface area contributed by atoms with Crippen molar-refractivity contribution >= 4 is 5.69 Å². The lowest BCUT2D eigenvalue weighted by atomic mass is 10.0. The lowest BCUT2D eigenvalue weighted by Crippen LogP contribution is -2.08. The minimum absolute atomic E-state index is 0.191. The standard InChI is InChI=1S/C15H11F4N/c16-12-3-1-2-10-8-13(20-14(10)12)9-4-6-11(7-5-9)15(17,18)19/h1-7,13,20H,8H2. The van der Waals surface area contributed by atoms with Crippen LogP contribution in [0, 0.1) is 5.82 Å². The number of benzene rings is 2. The number of fused-ring (bicyclic) bond motifs is 1. The van der Waals surface area contributed by atoms with Crippen molar-refractivity contribution < 1.29 is 17.6 Å². The third kappa shape index (κ3) is 2.24. The Morgan fingerprint density at radius 2 is 1.70 bits per heavy atom. The highest BCUT2D eigenvalue weighted by atomic mass is 19.4. The molecular weight excluding hydrogens is 270 g/mol. The van der Waals surface area contributed by atoms with Gasteiger partial charge in [-0.05, 0) is 35.7 Å². The number of para-hydroxylation sites is 1. The van der Waals surface area contributed by atoms with Gasteiger partial charge in [-0.25, -0.2) is 4.39 Å². The van der Waals surface area contributed by atoms with Gasteiger partial charge in [-0.15, -0.1) is 0 Å². The van der Waals surface area contributed by atoms with Gasteiger partial charge in [0.05, 0.1) is 17.3 Å². The molecule has 3 rings (SSSR count). The van der Waals surface area contributed by atoms with E-state index in [2.05, 4.69) is 5.32 Å². The summed E-state index contributed by atoms with van der Waals surface area (Å²) in [5, 5.41) is 3.02. The molecule has 2 aromatic rings. The molecule has 1 unspecified atom stereocenters. The maximum absolute atomic E-state index is 13.6. The van der Waals surface area contributed by atoms with Crippen LogP contribution in [0.5, 0.6) is 0 Å². The average molecular weight is 281 g/mol.